The van der Waals surface area contributed by atoms with Gasteiger partial charge in [-0.3, -0.25) is 9.89 Å². The first-order chi connectivity index (χ1) is 9.47. The maximum Gasteiger partial charge on any atom is 0.316 e. The maximum absolute atomic E-state index is 12.0. The number of aromatic nitrogens is 2. The number of amides is 3. The van der Waals surface area contributed by atoms with E-state index in [0.717, 1.165) is 11.3 Å². The van der Waals surface area contributed by atoms with Gasteiger partial charge >= 0.3 is 6.03 Å². The third kappa shape index (κ3) is 2.94. The Hall–Kier alpha value is -2.83. The Bertz CT molecular complexity index is 645. The molecule has 1 aromatic carbocycles. The van der Waals surface area contributed by atoms with E-state index in [9.17, 15) is 9.59 Å². The van der Waals surface area contributed by atoms with Crippen LogP contribution in [-0.2, 0) is 0 Å². The average Bonchev–Trinajstić information content (AvgIpc) is 2.71. The van der Waals surface area contributed by atoms with Crippen molar-refractivity contribution in [3.63, 3.8) is 0 Å². The normalized spacial score (nSPS) is 10.1. The van der Waals surface area contributed by atoms with E-state index in [-0.39, 0.29) is 5.91 Å². The molecule has 0 radical (unpaired) electrons. The number of benzene rings is 1. The summed E-state index contributed by atoms with van der Waals surface area (Å²) >= 11 is 0. The summed E-state index contributed by atoms with van der Waals surface area (Å²) in [6, 6.07) is 5.74. The summed E-state index contributed by atoms with van der Waals surface area (Å²) in [6.07, 6.45) is 0. The van der Waals surface area contributed by atoms with Crippen molar-refractivity contribution >= 4 is 23.4 Å². The number of urea groups is 1. The van der Waals surface area contributed by atoms with Crippen molar-refractivity contribution in [1.29, 1.82) is 0 Å². The van der Waals surface area contributed by atoms with Crippen LogP contribution in [0.25, 0.3) is 0 Å². The molecule has 1 heterocycles. The van der Waals surface area contributed by atoms with E-state index in [0.29, 0.717) is 17.1 Å². The van der Waals surface area contributed by atoms with Gasteiger partial charge in [0.2, 0.25) is 0 Å². The number of primary amides is 1. The number of H-pyrrole nitrogens is 1. The summed E-state index contributed by atoms with van der Waals surface area (Å²) in [5.74, 6) is 0.233. The Morgan fingerprint density at radius 3 is 2.30 bits per heavy atom. The van der Waals surface area contributed by atoms with E-state index in [1.54, 1.807) is 24.3 Å². The van der Waals surface area contributed by atoms with Gasteiger partial charge in [0, 0.05) is 22.5 Å². The molecule has 0 fully saturated rings. The summed E-state index contributed by atoms with van der Waals surface area (Å²) in [4.78, 5) is 22.7. The molecule has 0 atom stereocenters. The van der Waals surface area contributed by atoms with E-state index in [2.05, 4.69) is 20.8 Å². The molecular weight excluding hydrogens is 258 g/mol. The molecule has 0 saturated carbocycles. The molecule has 0 bridgehead atoms. The highest BCUT2D eigenvalue weighted by Gasteiger charge is 2.11. The van der Waals surface area contributed by atoms with Crippen molar-refractivity contribution in [2.75, 3.05) is 10.6 Å². The Kier molecular flexibility index (Phi) is 3.69. The van der Waals surface area contributed by atoms with E-state index >= 15 is 0 Å². The standard InChI is InChI=1S/C13H15N5O2/c1-7-8(2)17-18-11(7)16-12(19)9-3-5-10(6-4-9)15-13(14)20/h3-6H,1-2H3,(H3,14,15,20)(H2,16,17,18,19). The molecule has 0 unspecified atom stereocenters. The first-order valence-electron chi connectivity index (χ1n) is 5.97. The van der Waals surface area contributed by atoms with Crippen LogP contribution in [0.15, 0.2) is 24.3 Å². The third-order valence-corrected chi connectivity index (χ3v) is 2.90. The minimum Gasteiger partial charge on any atom is -0.351 e. The molecule has 0 spiro atoms. The highest BCUT2D eigenvalue weighted by atomic mass is 16.2. The molecule has 5 N–H and O–H groups in total. The number of nitrogens with one attached hydrogen (secondary N) is 3. The summed E-state index contributed by atoms with van der Waals surface area (Å²) in [5.41, 5.74) is 7.79. The number of nitrogens with zero attached hydrogens (tertiary/aromatic N) is 1. The predicted molar refractivity (Wildman–Crippen MR) is 75.7 cm³/mol. The fourth-order valence-electron chi connectivity index (χ4n) is 1.63. The topological polar surface area (TPSA) is 113 Å². The van der Waals surface area contributed by atoms with Gasteiger partial charge in [-0.05, 0) is 38.1 Å². The molecule has 20 heavy (non-hydrogen) atoms. The lowest BCUT2D eigenvalue weighted by molar-refractivity contribution is 0.102. The molecule has 0 aliphatic heterocycles. The van der Waals surface area contributed by atoms with E-state index in [4.69, 9.17) is 5.73 Å². The van der Waals surface area contributed by atoms with Gasteiger partial charge in [-0.2, -0.15) is 5.10 Å². The van der Waals surface area contributed by atoms with Crippen molar-refractivity contribution in [3.05, 3.63) is 41.1 Å². The second kappa shape index (κ2) is 5.43. The highest BCUT2D eigenvalue weighted by Crippen LogP contribution is 2.16. The van der Waals surface area contributed by atoms with Crippen LogP contribution in [0.5, 0.6) is 0 Å². The molecule has 104 valence electrons. The first kappa shape index (κ1) is 13.6. The van der Waals surface area contributed by atoms with Crippen LogP contribution in [-0.4, -0.2) is 22.1 Å². The van der Waals surface area contributed by atoms with Crippen molar-refractivity contribution < 1.29 is 9.59 Å². The second-order valence-corrected chi connectivity index (χ2v) is 4.34. The summed E-state index contributed by atoms with van der Waals surface area (Å²) in [6.45, 7) is 3.75. The van der Waals surface area contributed by atoms with Crippen molar-refractivity contribution in [1.82, 2.24) is 10.2 Å². The summed E-state index contributed by atoms with van der Waals surface area (Å²) < 4.78 is 0. The largest absolute Gasteiger partial charge is 0.351 e. The van der Waals surface area contributed by atoms with Crippen molar-refractivity contribution in [2.24, 2.45) is 5.73 Å². The smallest absolute Gasteiger partial charge is 0.316 e. The van der Waals surface area contributed by atoms with Gasteiger partial charge in [-0.25, -0.2) is 4.79 Å². The molecule has 0 aliphatic rings. The fourth-order valence-corrected chi connectivity index (χ4v) is 1.63. The van der Waals surface area contributed by atoms with Crippen LogP contribution in [0.4, 0.5) is 16.3 Å². The quantitative estimate of drug-likeness (QED) is 0.683. The number of anilines is 2. The van der Waals surface area contributed by atoms with E-state index < -0.39 is 6.03 Å². The molecule has 0 aliphatic carbocycles. The van der Waals surface area contributed by atoms with Crippen LogP contribution in [0.1, 0.15) is 21.6 Å². The number of nitrogens with two attached hydrogens (primary N) is 1. The minimum atomic E-state index is -0.648. The van der Waals surface area contributed by atoms with Crippen molar-refractivity contribution in [3.8, 4) is 0 Å². The van der Waals surface area contributed by atoms with Crippen LogP contribution in [0, 0.1) is 13.8 Å². The second-order valence-electron chi connectivity index (χ2n) is 4.34. The monoisotopic (exact) mass is 273 g/mol. The van der Waals surface area contributed by atoms with Gasteiger partial charge in [-0.1, -0.05) is 0 Å². The first-order valence-corrected chi connectivity index (χ1v) is 5.97. The lowest BCUT2D eigenvalue weighted by Gasteiger charge is -2.05. The average molecular weight is 273 g/mol. The Labute approximate surface area is 115 Å². The molecule has 2 rings (SSSR count). The zero-order valence-electron chi connectivity index (χ0n) is 11.2. The molecule has 3 amide bonds. The number of aromatic amines is 1. The molecule has 7 nitrogen and oxygen atoms in total. The Balaban J connectivity index is 2.09. The molecule has 0 saturated heterocycles. The van der Waals surface area contributed by atoms with Gasteiger partial charge in [-0.15, -0.1) is 0 Å². The van der Waals surface area contributed by atoms with Gasteiger partial charge in [0.15, 0.2) is 5.82 Å². The fraction of sp³-hybridized carbons (Fsp3) is 0.154. The number of rotatable bonds is 3. The zero-order chi connectivity index (χ0) is 14.7. The van der Waals surface area contributed by atoms with Gasteiger partial charge < -0.3 is 16.4 Å². The molecule has 2 aromatic rings. The van der Waals surface area contributed by atoms with Crippen LogP contribution in [0.3, 0.4) is 0 Å². The number of aryl methyl sites for hydroxylation is 1. The number of carbonyl (C=O) groups is 2. The number of carbonyl (C=O) groups excluding carboxylic acids is 2. The van der Waals surface area contributed by atoms with Crippen LogP contribution < -0.4 is 16.4 Å². The van der Waals surface area contributed by atoms with E-state index in [1.807, 2.05) is 13.8 Å². The lowest BCUT2D eigenvalue weighted by Crippen LogP contribution is -2.19. The summed E-state index contributed by atoms with van der Waals surface area (Å²) in [5, 5.41) is 11.9. The number of hydrogen-bond donors (Lipinski definition) is 4. The Morgan fingerprint density at radius 2 is 1.80 bits per heavy atom. The Morgan fingerprint density at radius 1 is 1.15 bits per heavy atom. The lowest BCUT2D eigenvalue weighted by atomic mass is 10.2. The summed E-state index contributed by atoms with van der Waals surface area (Å²) in [7, 11) is 0. The SMILES string of the molecule is Cc1[nH]nc(NC(=O)c2ccc(NC(N)=O)cc2)c1C. The van der Waals surface area contributed by atoms with Gasteiger partial charge in [0.05, 0.1) is 0 Å². The van der Waals surface area contributed by atoms with Gasteiger partial charge in [0.1, 0.15) is 0 Å². The van der Waals surface area contributed by atoms with Gasteiger partial charge in [0.25, 0.3) is 5.91 Å². The molecular formula is C13H15N5O2. The van der Waals surface area contributed by atoms with Crippen LogP contribution in [0.2, 0.25) is 0 Å². The van der Waals surface area contributed by atoms with Crippen LogP contribution >= 0.6 is 0 Å². The molecule has 7 heteroatoms. The highest BCUT2D eigenvalue weighted by molar-refractivity contribution is 6.04. The predicted octanol–water partition coefficient (Wildman–Crippen LogP) is 1.77. The zero-order valence-corrected chi connectivity index (χ0v) is 11.2. The molecule has 1 aromatic heterocycles. The van der Waals surface area contributed by atoms with Crippen molar-refractivity contribution in [2.45, 2.75) is 13.8 Å². The third-order valence-electron chi connectivity index (χ3n) is 2.90. The minimum absolute atomic E-state index is 0.273. The maximum atomic E-state index is 12.0. The van der Waals surface area contributed by atoms with E-state index in [1.165, 1.54) is 0 Å². The number of hydrogen-bond acceptors (Lipinski definition) is 3.